The van der Waals surface area contributed by atoms with Crippen LogP contribution in [0.5, 0.6) is 0 Å². The number of alkyl carbamates (subject to hydrolysis) is 1. The molecule has 0 fully saturated rings. The number of nitrogens with one attached hydrogen (secondary N) is 4. The van der Waals surface area contributed by atoms with Gasteiger partial charge in [-0.3, -0.25) is 14.4 Å². The third-order valence-corrected chi connectivity index (χ3v) is 10.7. The smallest absolute Gasteiger partial charge is 0.407 e. The largest absolute Gasteiger partial charge is 0.449 e. The van der Waals surface area contributed by atoms with Crippen LogP contribution in [0.2, 0.25) is 0 Å². The molecule has 0 atom stereocenters. The van der Waals surface area contributed by atoms with E-state index in [9.17, 15) is 19.2 Å². The molecule has 18 heteroatoms. The molecule has 4 N–H and O–H groups in total. The number of amides is 4. The van der Waals surface area contributed by atoms with E-state index in [4.69, 9.17) is 66.6 Å². The maximum atomic E-state index is 14.0. The van der Waals surface area contributed by atoms with E-state index in [2.05, 4.69) is 39.0 Å². The molecule has 70 heavy (non-hydrogen) atoms. The maximum absolute atomic E-state index is 14.0. The van der Waals surface area contributed by atoms with Gasteiger partial charge in [-0.2, -0.15) is 0 Å². The Morgan fingerprint density at radius 1 is 0.457 bits per heavy atom. The zero-order chi connectivity index (χ0) is 50.2. The van der Waals surface area contributed by atoms with E-state index >= 15 is 0 Å². The number of ether oxygens (including phenoxy) is 10. The van der Waals surface area contributed by atoms with Crippen LogP contribution in [0.1, 0.15) is 55.6 Å². The van der Waals surface area contributed by atoms with Gasteiger partial charge in [0, 0.05) is 50.4 Å². The van der Waals surface area contributed by atoms with Crippen molar-refractivity contribution in [1.29, 1.82) is 0 Å². The number of benzene rings is 2. The number of fused-ring (bicyclic) bond motifs is 3. The van der Waals surface area contributed by atoms with Crippen LogP contribution in [0.3, 0.4) is 0 Å². The molecule has 1 aliphatic carbocycles. The number of terminal acetylenes is 3. The van der Waals surface area contributed by atoms with Crippen molar-refractivity contribution in [1.82, 2.24) is 21.3 Å². The number of carbonyl (C=O) groups is 4. The molecule has 0 saturated carbocycles. The minimum atomic E-state index is -1.22. The van der Waals surface area contributed by atoms with Crippen LogP contribution in [-0.4, -0.2) is 175 Å². The molecule has 3 rings (SSSR count). The highest BCUT2D eigenvalue weighted by atomic mass is 16.6. The highest BCUT2D eigenvalue weighted by Gasteiger charge is 2.35. The highest BCUT2D eigenvalue weighted by molar-refractivity contribution is 5.80. The van der Waals surface area contributed by atoms with Crippen LogP contribution in [0, 0.1) is 37.0 Å². The molecular formula is C52H72N4O14. The number of hydrogen-bond acceptors (Lipinski definition) is 14. The molecule has 0 heterocycles. The van der Waals surface area contributed by atoms with E-state index in [1.54, 1.807) is 0 Å². The Hall–Kier alpha value is -5.56. The quantitative estimate of drug-likeness (QED) is 0.0558. The lowest BCUT2D eigenvalue weighted by molar-refractivity contribution is -0.121. The Labute approximate surface area is 413 Å². The van der Waals surface area contributed by atoms with Gasteiger partial charge < -0.3 is 68.6 Å². The van der Waals surface area contributed by atoms with Crippen molar-refractivity contribution in [3.63, 3.8) is 0 Å². The molecule has 2 aromatic carbocycles. The lowest BCUT2D eigenvalue weighted by Gasteiger charge is -2.35. The van der Waals surface area contributed by atoms with Crippen molar-refractivity contribution in [2.45, 2.75) is 50.0 Å². The summed E-state index contributed by atoms with van der Waals surface area (Å²) in [6.45, 7) is 6.36. The summed E-state index contributed by atoms with van der Waals surface area (Å²) in [4.78, 5) is 53.9. The fourth-order valence-electron chi connectivity index (χ4n) is 7.24. The first-order valence-electron chi connectivity index (χ1n) is 23.8. The second-order valence-corrected chi connectivity index (χ2v) is 15.7. The van der Waals surface area contributed by atoms with Gasteiger partial charge in [-0.15, -0.1) is 19.3 Å². The lowest BCUT2D eigenvalue weighted by atomic mass is 9.83. The second-order valence-electron chi connectivity index (χ2n) is 15.7. The molecule has 384 valence electrons. The molecule has 0 aromatic heterocycles. The summed E-state index contributed by atoms with van der Waals surface area (Å²) in [5.41, 5.74) is 3.01. The Balaban J connectivity index is 1.64. The monoisotopic (exact) mass is 977 g/mol. The first-order valence-corrected chi connectivity index (χ1v) is 23.8. The number of hydrogen-bond donors (Lipinski definition) is 4. The zero-order valence-corrected chi connectivity index (χ0v) is 40.4. The minimum absolute atomic E-state index is 0.0362. The number of rotatable bonds is 42. The van der Waals surface area contributed by atoms with Gasteiger partial charge in [0.2, 0.25) is 17.7 Å². The molecule has 0 unspecified atom stereocenters. The van der Waals surface area contributed by atoms with Gasteiger partial charge >= 0.3 is 6.09 Å². The third-order valence-electron chi connectivity index (χ3n) is 10.7. The second kappa shape index (κ2) is 38.2. The Morgan fingerprint density at radius 2 is 0.771 bits per heavy atom. The first-order chi connectivity index (χ1) is 34.3. The molecule has 0 saturated heterocycles. The predicted molar refractivity (Wildman–Crippen MR) is 262 cm³/mol. The molecule has 0 radical (unpaired) electrons. The van der Waals surface area contributed by atoms with Gasteiger partial charge in [0.1, 0.15) is 26.4 Å². The van der Waals surface area contributed by atoms with E-state index < -0.39 is 11.6 Å². The van der Waals surface area contributed by atoms with E-state index in [0.717, 1.165) is 22.3 Å². The fraction of sp³-hybridized carbons (Fsp3) is 0.577. The van der Waals surface area contributed by atoms with Crippen molar-refractivity contribution in [3.8, 4) is 48.2 Å². The molecule has 18 nitrogen and oxygen atoms in total. The van der Waals surface area contributed by atoms with Crippen molar-refractivity contribution in [3.05, 3.63) is 59.7 Å². The zero-order valence-electron chi connectivity index (χ0n) is 40.4. The van der Waals surface area contributed by atoms with E-state index in [1.165, 1.54) is 0 Å². The molecule has 2 aromatic rings. The summed E-state index contributed by atoms with van der Waals surface area (Å²) in [5.74, 6) is 6.04. The Kier molecular flexibility index (Phi) is 32.1. The maximum Gasteiger partial charge on any atom is 0.407 e. The van der Waals surface area contributed by atoms with Crippen LogP contribution in [0.25, 0.3) is 11.1 Å². The van der Waals surface area contributed by atoms with Crippen LogP contribution >= 0.6 is 0 Å². The van der Waals surface area contributed by atoms with E-state index in [0.29, 0.717) is 79.3 Å². The molecule has 0 aliphatic heterocycles. The third kappa shape index (κ3) is 25.9. The molecule has 4 amide bonds. The van der Waals surface area contributed by atoms with E-state index in [1.807, 2.05) is 48.5 Å². The van der Waals surface area contributed by atoms with E-state index in [-0.39, 0.29) is 128 Å². The van der Waals surface area contributed by atoms with Gasteiger partial charge in [-0.25, -0.2) is 4.79 Å². The van der Waals surface area contributed by atoms with Crippen LogP contribution in [-0.2, 0) is 61.8 Å². The predicted octanol–water partition coefficient (Wildman–Crippen LogP) is 3.00. The van der Waals surface area contributed by atoms with Crippen molar-refractivity contribution in [2.75, 3.05) is 145 Å². The normalized spacial score (nSPS) is 11.7. The van der Waals surface area contributed by atoms with Gasteiger partial charge in [-0.05, 0) is 41.5 Å². The van der Waals surface area contributed by atoms with Gasteiger partial charge in [0.05, 0.1) is 99.1 Å². The van der Waals surface area contributed by atoms with Crippen molar-refractivity contribution >= 4 is 23.8 Å². The standard InChI is InChI=1S/C52H72N4O14/c1-4-24-61-30-36-67-39-33-64-27-21-53-48(57)15-18-52(19-16-49(58)54-22-28-65-34-40-68-37-31-62-25-5-2,20-17-50(59)55-23-29-66-35-41-69-38-32-63-26-6-3)56-51(60)70-42-47-45-13-9-7-11-43(45)44-12-8-10-14-46(44)47/h1-3,7-14,47H,15-42H2,(H,53,57)(H,54,58)(H,55,59)(H,56,60). The molecule has 1 aliphatic rings. The van der Waals surface area contributed by atoms with Crippen LogP contribution in [0.4, 0.5) is 4.79 Å². The average Bonchev–Trinajstić information content (AvgIpc) is 3.69. The summed E-state index contributed by atoms with van der Waals surface area (Å²) in [6.07, 6.45) is 14.9. The first kappa shape index (κ1) is 58.8. The topological polar surface area (TPSA) is 209 Å². The molecule has 0 spiro atoms. The van der Waals surface area contributed by atoms with Crippen molar-refractivity contribution < 1.29 is 66.5 Å². The van der Waals surface area contributed by atoms with Gasteiger partial charge in [-0.1, -0.05) is 66.3 Å². The average molecular weight is 977 g/mol. The SMILES string of the molecule is C#CCOCCOCCOCCNC(=O)CCC(CCC(=O)NCCOCCOCCOCC#C)(CCC(=O)NCCOCCOCCOCC#C)NC(=O)OCC1c2ccccc2-c2ccccc21. The molecule has 0 bridgehead atoms. The summed E-state index contributed by atoms with van der Waals surface area (Å²) in [5, 5.41) is 11.6. The Bertz CT molecular complexity index is 1760. The molecular weight excluding hydrogens is 905 g/mol. The van der Waals surface area contributed by atoms with Crippen LogP contribution in [0.15, 0.2) is 48.5 Å². The number of carbonyl (C=O) groups excluding carboxylic acids is 4. The summed E-state index contributed by atoms with van der Waals surface area (Å²) < 4.78 is 54.6. The summed E-state index contributed by atoms with van der Waals surface area (Å²) in [7, 11) is 0. The van der Waals surface area contributed by atoms with Crippen molar-refractivity contribution in [2.24, 2.45) is 0 Å². The highest BCUT2D eigenvalue weighted by Crippen LogP contribution is 2.44. The summed E-state index contributed by atoms with van der Waals surface area (Å²) >= 11 is 0. The Morgan fingerprint density at radius 3 is 1.11 bits per heavy atom. The minimum Gasteiger partial charge on any atom is -0.449 e. The van der Waals surface area contributed by atoms with Crippen LogP contribution < -0.4 is 21.3 Å². The lowest BCUT2D eigenvalue weighted by Crippen LogP contribution is -2.51. The van der Waals surface area contributed by atoms with Gasteiger partial charge in [0.15, 0.2) is 0 Å². The van der Waals surface area contributed by atoms with Gasteiger partial charge in [0.25, 0.3) is 0 Å². The fourth-order valence-corrected chi connectivity index (χ4v) is 7.24. The summed E-state index contributed by atoms with van der Waals surface area (Å²) in [6, 6.07) is 16.0.